The van der Waals surface area contributed by atoms with Crippen LogP contribution in [0.5, 0.6) is 0 Å². The van der Waals surface area contributed by atoms with Crippen molar-refractivity contribution in [2.75, 3.05) is 0 Å². The Bertz CT molecular complexity index is 606. The van der Waals surface area contributed by atoms with Crippen molar-refractivity contribution in [2.45, 2.75) is 45.1 Å². The molecule has 21 heavy (non-hydrogen) atoms. The summed E-state index contributed by atoms with van der Waals surface area (Å²) in [6.45, 7) is 7.22. The largest absolute Gasteiger partial charge is 0.496 e. The van der Waals surface area contributed by atoms with E-state index in [9.17, 15) is 18.0 Å². The summed E-state index contributed by atoms with van der Waals surface area (Å²) in [7, 11) is 0.328. The van der Waals surface area contributed by atoms with Gasteiger partial charge in [0.2, 0.25) is 0 Å². The van der Waals surface area contributed by atoms with E-state index in [0.29, 0.717) is 0 Å². The van der Waals surface area contributed by atoms with Crippen molar-refractivity contribution in [3.8, 4) is 0 Å². The predicted molar refractivity (Wildman–Crippen MR) is 72.4 cm³/mol. The quantitative estimate of drug-likeness (QED) is 0.742. The first-order valence-electron chi connectivity index (χ1n) is 6.48. The molecule has 1 aliphatic rings. The number of pyridine rings is 1. The molecule has 0 spiro atoms. The van der Waals surface area contributed by atoms with E-state index in [4.69, 9.17) is 9.31 Å². The second-order valence-electron chi connectivity index (χ2n) is 6.19. The van der Waals surface area contributed by atoms with Crippen molar-refractivity contribution < 1.29 is 22.5 Å². The number of alkyl halides is 3. The number of halogens is 3. The minimum absolute atomic E-state index is 0.170. The van der Waals surface area contributed by atoms with Gasteiger partial charge in [0.25, 0.3) is 5.56 Å². The zero-order valence-corrected chi connectivity index (χ0v) is 12.5. The first kappa shape index (κ1) is 16.1. The van der Waals surface area contributed by atoms with Gasteiger partial charge in [-0.1, -0.05) is 0 Å². The third kappa shape index (κ3) is 2.74. The van der Waals surface area contributed by atoms with E-state index < -0.39 is 35.6 Å². The van der Waals surface area contributed by atoms with Gasteiger partial charge >= 0.3 is 13.3 Å². The van der Waals surface area contributed by atoms with Gasteiger partial charge < -0.3 is 13.9 Å². The summed E-state index contributed by atoms with van der Waals surface area (Å²) < 4.78 is 51.0. The first-order chi connectivity index (χ1) is 9.35. The van der Waals surface area contributed by atoms with Crippen molar-refractivity contribution in [1.29, 1.82) is 0 Å². The molecule has 0 aromatic carbocycles. The van der Waals surface area contributed by atoms with Crippen LogP contribution in [0.3, 0.4) is 0 Å². The highest BCUT2D eigenvalue weighted by Crippen LogP contribution is 2.36. The van der Waals surface area contributed by atoms with Gasteiger partial charge in [0, 0.05) is 13.2 Å². The van der Waals surface area contributed by atoms with Crippen LogP contribution < -0.4 is 11.0 Å². The maximum absolute atomic E-state index is 12.9. The topological polar surface area (TPSA) is 40.5 Å². The van der Waals surface area contributed by atoms with Crippen LogP contribution in [0, 0.1) is 0 Å². The van der Waals surface area contributed by atoms with Crippen LogP contribution in [0.4, 0.5) is 13.2 Å². The molecule has 1 aromatic heterocycles. The summed E-state index contributed by atoms with van der Waals surface area (Å²) in [6, 6.07) is 0.796. The monoisotopic (exact) mass is 303 g/mol. The third-order valence-corrected chi connectivity index (χ3v) is 4.04. The number of aromatic nitrogens is 1. The highest BCUT2D eigenvalue weighted by atomic mass is 19.4. The zero-order valence-electron chi connectivity index (χ0n) is 12.5. The van der Waals surface area contributed by atoms with Gasteiger partial charge in [0.1, 0.15) is 5.56 Å². The lowest BCUT2D eigenvalue weighted by Crippen LogP contribution is -2.41. The van der Waals surface area contributed by atoms with Gasteiger partial charge in [0.05, 0.1) is 11.2 Å². The minimum Gasteiger partial charge on any atom is -0.399 e. The molecule has 1 aliphatic heterocycles. The van der Waals surface area contributed by atoms with E-state index in [0.717, 1.165) is 10.6 Å². The number of rotatable bonds is 1. The van der Waals surface area contributed by atoms with Crippen molar-refractivity contribution >= 4 is 12.6 Å². The Morgan fingerprint density at radius 3 is 2.05 bits per heavy atom. The Balaban J connectivity index is 2.48. The summed E-state index contributed by atoms with van der Waals surface area (Å²) in [5, 5.41) is 0. The number of aryl methyl sites for hydroxylation is 1. The molecule has 0 aliphatic carbocycles. The Hall–Kier alpha value is -1.28. The smallest absolute Gasteiger partial charge is 0.399 e. The fourth-order valence-electron chi connectivity index (χ4n) is 2.05. The van der Waals surface area contributed by atoms with E-state index in [2.05, 4.69) is 0 Å². The average molecular weight is 303 g/mol. The van der Waals surface area contributed by atoms with Crippen LogP contribution in [0.2, 0.25) is 0 Å². The second-order valence-corrected chi connectivity index (χ2v) is 6.19. The molecule has 0 radical (unpaired) electrons. The van der Waals surface area contributed by atoms with E-state index in [1.807, 2.05) is 0 Å². The highest BCUT2D eigenvalue weighted by molar-refractivity contribution is 6.62. The summed E-state index contributed by atoms with van der Waals surface area (Å²) in [5.41, 5.74) is -3.47. The van der Waals surface area contributed by atoms with Gasteiger partial charge in [-0.2, -0.15) is 13.2 Å². The molecule has 1 fully saturated rings. The molecule has 116 valence electrons. The van der Waals surface area contributed by atoms with Gasteiger partial charge in [-0.25, -0.2) is 0 Å². The van der Waals surface area contributed by atoms with E-state index in [1.54, 1.807) is 27.7 Å². The first-order valence-corrected chi connectivity index (χ1v) is 6.48. The highest BCUT2D eigenvalue weighted by Gasteiger charge is 2.52. The Kier molecular flexibility index (Phi) is 3.53. The number of hydrogen-bond acceptors (Lipinski definition) is 3. The Labute approximate surface area is 121 Å². The fraction of sp³-hybridized carbons (Fsp3) is 0.615. The predicted octanol–water partition coefficient (Wildman–Crippen LogP) is 1.70. The molecule has 0 unspecified atom stereocenters. The molecule has 8 heteroatoms. The van der Waals surface area contributed by atoms with Gasteiger partial charge in [0.15, 0.2) is 0 Å². The average Bonchev–Trinajstić information content (AvgIpc) is 2.50. The van der Waals surface area contributed by atoms with Crippen molar-refractivity contribution in [3.63, 3.8) is 0 Å². The number of hydrogen-bond donors (Lipinski definition) is 0. The van der Waals surface area contributed by atoms with E-state index in [-0.39, 0.29) is 5.46 Å². The molecule has 0 bridgehead atoms. The lowest BCUT2D eigenvalue weighted by molar-refractivity contribution is -0.138. The molecule has 0 saturated carbocycles. The van der Waals surface area contributed by atoms with Crippen LogP contribution in [0.15, 0.2) is 17.1 Å². The van der Waals surface area contributed by atoms with Crippen LogP contribution in [0.1, 0.15) is 33.3 Å². The van der Waals surface area contributed by atoms with E-state index in [1.165, 1.54) is 13.2 Å². The molecule has 4 nitrogen and oxygen atoms in total. The molecule has 1 aromatic rings. The van der Waals surface area contributed by atoms with Crippen LogP contribution in [0.25, 0.3) is 0 Å². The van der Waals surface area contributed by atoms with Gasteiger partial charge in [-0.15, -0.1) is 0 Å². The SMILES string of the molecule is Cn1cc(B2OC(C)(C)C(C)(C)O2)cc(C(F)(F)F)c1=O. The molecule has 0 amide bonds. The normalized spacial score (nSPS) is 20.9. The second kappa shape index (κ2) is 4.61. The minimum atomic E-state index is -4.71. The lowest BCUT2D eigenvalue weighted by atomic mass is 9.79. The molecule has 0 N–H and O–H groups in total. The lowest BCUT2D eigenvalue weighted by Gasteiger charge is -2.32. The Morgan fingerprint density at radius 1 is 1.14 bits per heavy atom. The maximum atomic E-state index is 12.9. The van der Waals surface area contributed by atoms with Crippen molar-refractivity contribution in [2.24, 2.45) is 7.05 Å². The van der Waals surface area contributed by atoms with Crippen LogP contribution in [-0.4, -0.2) is 22.9 Å². The number of nitrogens with zero attached hydrogens (tertiary/aromatic N) is 1. The van der Waals surface area contributed by atoms with Crippen LogP contribution >= 0.6 is 0 Å². The Morgan fingerprint density at radius 2 is 1.62 bits per heavy atom. The van der Waals surface area contributed by atoms with Gasteiger partial charge in [-0.3, -0.25) is 4.79 Å². The summed E-state index contributed by atoms with van der Waals surface area (Å²) in [4.78, 5) is 11.6. The molecular weight excluding hydrogens is 286 g/mol. The molecule has 1 saturated heterocycles. The molecule has 2 heterocycles. The maximum Gasteiger partial charge on any atom is 0.496 e. The summed E-state index contributed by atoms with van der Waals surface area (Å²) in [5.74, 6) is 0. The fourth-order valence-corrected chi connectivity index (χ4v) is 2.05. The third-order valence-electron chi connectivity index (χ3n) is 4.04. The molecule has 0 atom stereocenters. The van der Waals surface area contributed by atoms with Crippen molar-refractivity contribution in [1.82, 2.24) is 4.57 Å². The van der Waals surface area contributed by atoms with E-state index >= 15 is 0 Å². The summed E-state index contributed by atoms with van der Waals surface area (Å²) in [6.07, 6.45) is -3.41. The van der Waals surface area contributed by atoms with Crippen LogP contribution in [-0.2, 0) is 22.5 Å². The summed E-state index contributed by atoms with van der Waals surface area (Å²) >= 11 is 0. The standard InChI is InChI=1S/C13H17BF3NO3/c1-11(2)12(3,4)21-14(20-11)8-6-9(13(15,16)17)10(19)18(5)7-8/h6-7H,1-5H3. The zero-order chi connectivity index (χ0) is 16.2. The van der Waals surface area contributed by atoms with Gasteiger partial charge in [-0.05, 0) is 39.2 Å². The van der Waals surface area contributed by atoms with Crippen molar-refractivity contribution in [3.05, 3.63) is 28.2 Å². The molecular formula is C13H17BF3NO3. The molecule has 2 rings (SSSR count).